The predicted molar refractivity (Wildman–Crippen MR) is 83.5 cm³/mol. The molecule has 0 heterocycles. The molecule has 0 aliphatic heterocycles. The topological polar surface area (TPSA) is 43.4 Å². The van der Waals surface area contributed by atoms with Crippen molar-refractivity contribution in [3.63, 3.8) is 0 Å². The van der Waals surface area contributed by atoms with Crippen LogP contribution in [0.3, 0.4) is 0 Å². The Labute approximate surface area is 133 Å². The molecular formula is C16H16Cl2O3. The molecule has 3 nitrogen and oxygen atoms in total. The number of esters is 1. The summed E-state index contributed by atoms with van der Waals surface area (Å²) in [6, 6.07) is 5.05. The fraction of sp³-hybridized carbons (Fsp3) is 0.375. The summed E-state index contributed by atoms with van der Waals surface area (Å²) in [6.07, 6.45) is 5.17. The van der Waals surface area contributed by atoms with Gasteiger partial charge in [-0.3, -0.25) is 4.79 Å². The average Bonchev–Trinajstić information content (AvgIpc) is 2.92. The average molecular weight is 327 g/mol. The van der Waals surface area contributed by atoms with Crippen LogP contribution in [-0.2, 0) is 14.3 Å². The molecule has 0 bridgehead atoms. The molecule has 21 heavy (non-hydrogen) atoms. The summed E-state index contributed by atoms with van der Waals surface area (Å²) in [6.45, 7) is 1.33. The Balaban J connectivity index is 2.25. The van der Waals surface area contributed by atoms with Crippen LogP contribution in [0, 0.1) is 0 Å². The summed E-state index contributed by atoms with van der Waals surface area (Å²) >= 11 is 12.0. The van der Waals surface area contributed by atoms with Gasteiger partial charge in [-0.2, -0.15) is 0 Å². The summed E-state index contributed by atoms with van der Waals surface area (Å²) in [5.41, 5.74) is 0.517. The molecule has 1 aromatic rings. The third-order valence-electron chi connectivity index (χ3n) is 3.46. The minimum Gasteiger partial charge on any atom is -0.459 e. The smallest absolute Gasteiger partial charge is 0.342 e. The van der Waals surface area contributed by atoms with Crippen molar-refractivity contribution in [1.29, 1.82) is 0 Å². The number of Topliss-reactive ketones (excluding diaryl/α,β-unsaturated/α-hetero) is 1. The summed E-state index contributed by atoms with van der Waals surface area (Å²) < 4.78 is 5.37. The van der Waals surface area contributed by atoms with Crippen LogP contribution in [-0.4, -0.2) is 17.9 Å². The number of rotatable bonds is 4. The van der Waals surface area contributed by atoms with Crippen LogP contribution in [0.2, 0.25) is 10.0 Å². The molecule has 0 unspecified atom stereocenters. The summed E-state index contributed by atoms with van der Waals surface area (Å²) in [5.74, 6) is -0.945. The van der Waals surface area contributed by atoms with E-state index in [-0.39, 0.29) is 17.5 Å². The summed E-state index contributed by atoms with van der Waals surface area (Å²) in [7, 11) is 0. The SMILES string of the molecule is CC(=O)/C(=C\c1cccc(Cl)c1Cl)C(=O)OC1CCCC1. The van der Waals surface area contributed by atoms with Gasteiger partial charge >= 0.3 is 5.97 Å². The number of ketones is 1. The highest BCUT2D eigenvalue weighted by Gasteiger charge is 2.23. The molecule has 0 atom stereocenters. The van der Waals surface area contributed by atoms with E-state index in [1.165, 1.54) is 13.0 Å². The van der Waals surface area contributed by atoms with E-state index in [2.05, 4.69) is 0 Å². The lowest BCUT2D eigenvalue weighted by Crippen LogP contribution is -2.19. The second-order valence-electron chi connectivity index (χ2n) is 5.07. The Morgan fingerprint density at radius 1 is 1.24 bits per heavy atom. The van der Waals surface area contributed by atoms with E-state index in [0.29, 0.717) is 15.6 Å². The van der Waals surface area contributed by atoms with Gasteiger partial charge in [0.25, 0.3) is 0 Å². The first-order chi connectivity index (χ1) is 9.99. The van der Waals surface area contributed by atoms with Gasteiger partial charge in [-0.25, -0.2) is 4.79 Å². The van der Waals surface area contributed by atoms with E-state index >= 15 is 0 Å². The highest BCUT2D eigenvalue weighted by atomic mass is 35.5. The van der Waals surface area contributed by atoms with Crippen LogP contribution in [0.4, 0.5) is 0 Å². The zero-order chi connectivity index (χ0) is 15.4. The maximum absolute atomic E-state index is 12.2. The van der Waals surface area contributed by atoms with Crippen molar-refractivity contribution in [3.8, 4) is 0 Å². The first-order valence-corrected chi connectivity index (χ1v) is 7.62. The number of halogens is 2. The Morgan fingerprint density at radius 2 is 1.90 bits per heavy atom. The van der Waals surface area contributed by atoms with Gasteiger partial charge < -0.3 is 4.74 Å². The van der Waals surface area contributed by atoms with Crippen LogP contribution < -0.4 is 0 Å². The third kappa shape index (κ3) is 4.08. The first kappa shape index (κ1) is 16.1. The van der Waals surface area contributed by atoms with Crippen molar-refractivity contribution in [2.45, 2.75) is 38.7 Å². The first-order valence-electron chi connectivity index (χ1n) is 6.86. The molecule has 1 fully saturated rings. The standard InChI is InChI=1S/C16H16Cl2O3/c1-10(19)13(16(20)21-12-6-2-3-7-12)9-11-5-4-8-14(17)15(11)18/h4-5,8-9,12H,2-3,6-7H2,1H3/b13-9+. The van der Waals surface area contributed by atoms with Gasteiger partial charge in [0.2, 0.25) is 0 Å². The fourth-order valence-electron chi connectivity index (χ4n) is 2.31. The number of benzene rings is 1. The monoisotopic (exact) mass is 326 g/mol. The van der Waals surface area contributed by atoms with Crippen molar-refractivity contribution < 1.29 is 14.3 Å². The number of carbonyl (C=O) groups excluding carboxylic acids is 2. The van der Waals surface area contributed by atoms with Gasteiger partial charge in [-0.1, -0.05) is 35.3 Å². The Morgan fingerprint density at radius 3 is 2.52 bits per heavy atom. The van der Waals surface area contributed by atoms with Gasteiger partial charge in [-0.15, -0.1) is 0 Å². The van der Waals surface area contributed by atoms with E-state index in [1.807, 2.05) is 0 Å². The van der Waals surface area contributed by atoms with Gasteiger partial charge in [0.05, 0.1) is 10.0 Å². The predicted octanol–water partition coefficient (Wildman–Crippen LogP) is 4.45. The lowest BCUT2D eigenvalue weighted by molar-refractivity contribution is -0.144. The fourth-order valence-corrected chi connectivity index (χ4v) is 2.68. The van der Waals surface area contributed by atoms with Crippen molar-refractivity contribution in [2.75, 3.05) is 0 Å². The number of hydrogen-bond donors (Lipinski definition) is 0. The van der Waals surface area contributed by atoms with Gasteiger partial charge in [0.1, 0.15) is 11.7 Å². The minimum atomic E-state index is -0.592. The molecule has 0 radical (unpaired) electrons. The molecule has 5 heteroatoms. The van der Waals surface area contributed by atoms with Crippen LogP contribution in [0.15, 0.2) is 23.8 Å². The van der Waals surface area contributed by atoms with Crippen molar-refractivity contribution >= 4 is 41.0 Å². The summed E-state index contributed by atoms with van der Waals surface area (Å²) in [5, 5.41) is 0.684. The molecule has 1 saturated carbocycles. The highest BCUT2D eigenvalue weighted by molar-refractivity contribution is 6.43. The molecule has 0 N–H and O–H groups in total. The molecule has 1 aliphatic rings. The third-order valence-corrected chi connectivity index (χ3v) is 4.29. The molecule has 112 valence electrons. The Bertz CT molecular complexity index is 587. The maximum Gasteiger partial charge on any atom is 0.342 e. The van der Waals surface area contributed by atoms with Crippen LogP contribution >= 0.6 is 23.2 Å². The molecule has 0 aromatic heterocycles. The van der Waals surface area contributed by atoms with Gasteiger partial charge in [0.15, 0.2) is 5.78 Å². The van der Waals surface area contributed by atoms with Crippen molar-refractivity contribution in [3.05, 3.63) is 39.4 Å². The van der Waals surface area contributed by atoms with Gasteiger partial charge in [-0.05, 0) is 50.3 Å². The zero-order valence-electron chi connectivity index (χ0n) is 11.7. The van der Waals surface area contributed by atoms with E-state index < -0.39 is 5.97 Å². The molecule has 0 saturated heterocycles. The quantitative estimate of drug-likeness (QED) is 0.355. The lowest BCUT2D eigenvalue weighted by atomic mass is 10.1. The highest BCUT2D eigenvalue weighted by Crippen LogP contribution is 2.28. The van der Waals surface area contributed by atoms with E-state index in [0.717, 1.165) is 25.7 Å². The second-order valence-corrected chi connectivity index (χ2v) is 5.85. The van der Waals surface area contributed by atoms with Gasteiger partial charge in [0, 0.05) is 0 Å². The van der Waals surface area contributed by atoms with Crippen molar-refractivity contribution in [1.82, 2.24) is 0 Å². The van der Waals surface area contributed by atoms with Crippen LogP contribution in [0.1, 0.15) is 38.2 Å². The summed E-state index contributed by atoms with van der Waals surface area (Å²) in [4.78, 5) is 23.9. The lowest BCUT2D eigenvalue weighted by Gasteiger charge is -2.12. The van der Waals surface area contributed by atoms with Crippen LogP contribution in [0.25, 0.3) is 6.08 Å². The molecule has 0 amide bonds. The number of hydrogen-bond acceptors (Lipinski definition) is 3. The molecule has 1 aromatic carbocycles. The van der Waals surface area contributed by atoms with E-state index in [9.17, 15) is 9.59 Å². The number of carbonyl (C=O) groups is 2. The minimum absolute atomic E-state index is 0.00827. The largest absolute Gasteiger partial charge is 0.459 e. The molecule has 1 aliphatic carbocycles. The van der Waals surface area contributed by atoms with E-state index in [1.54, 1.807) is 18.2 Å². The molecular weight excluding hydrogens is 311 g/mol. The van der Waals surface area contributed by atoms with Crippen LogP contribution in [0.5, 0.6) is 0 Å². The molecule has 2 rings (SSSR count). The number of ether oxygens (including phenoxy) is 1. The second kappa shape index (κ2) is 7.10. The maximum atomic E-state index is 12.2. The van der Waals surface area contributed by atoms with Crippen molar-refractivity contribution in [2.24, 2.45) is 0 Å². The zero-order valence-corrected chi connectivity index (χ0v) is 13.2. The Hall–Kier alpha value is -1.32. The Kier molecular flexibility index (Phi) is 5.43. The van der Waals surface area contributed by atoms with E-state index in [4.69, 9.17) is 27.9 Å². The normalized spacial score (nSPS) is 16.0. The molecule has 0 spiro atoms.